The molecular formula is C12H20N2O3S. The molecule has 2 N–H and O–H groups in total. The summed E-state index contributed by atoms with van der Waals surface area (Å²) in [7, 11) is -1.99. The lowest BCUT2D eigenvalue weighted by Crippen LogP contribution is -2.47. The molecule has 0 unspecified atom stereocenters. The molecule has 0 spiro atoms. The van der Waals surface area contributed by atoms with Gasteiger partial charge in [0, 0.05) is 19.1 Å². The molecule has 6 heteroatoms. The van der Waals surface area contributed by atoms with Crippen molar-refractivity contribution in [1.29, 1.82) is 0 Å². The molecule has 18 heavy (non-hydrogen) atoms. The molecule has 0 fully saturated rings. The number of phenols is 1. The van der Waals surface area contributed by atoms with Crippen LogP contribution in [0.4, 0.5) is 0 Å². The quantitative estimate of drug-likeness (QED) is 0.871. The van der Waals surface area contributed by atoms with Crippen LogP contribution in [0.25, 0.3) is 0 Å². The van der Waals surface area contributed by atoms with Gasteiger partial charge in [-0.1, -0.05) is 12.1 Å². The van der Waals surface area contributed by atoms with Crippen LogP contribution in [0.5, 0.6) is 5.75 Å². The Kier molecular flexibility index (Phi) is 4.37. The molecule has 0 aromatic heterocycles. The standard InChI is InChI=1S/C12H20N2O3S/c1-12(2,3)13-18(16,17)14(4)9-10-5-7-11(15)8-6-10/h5-8,13,15H,9H2,1-4H3. The van der Waals surface area contributed by atoms with Crippen molar-refractivity contribution < 1.29 is 13.5 Å². The average Bonchev–Trinajstić information content (AvgIpc) is 2.17. The highest BCUT2D eigenvalue weighted by molar-refractivity contribution is 7.87. The topological polar surface area (TPSA) is 69.6 Å². The van der Waals surface area contributed by atoms with Gasteiger partial charge in [0.05, 0.1) is 0 Å². The smallest absolute Gasteiger partial charge is 0.279 e. The second-order valence-corrected chi connectivity index (χ2v) is 7.06. The van der Waals surface area contributed by atoms with E-state index in [0.717, 1.165) is 5.56 Å². The third kappa shape index (κ3) is 4.64. The van der Waals surface area contributed by atoms with Crippen molar-refractivity contribution >= 4 is 10.2 Å². The number of aromatic hydroxyl groups is 1. The van der Waals surface area contributed by atoms with Gasteiger partial charge < -0.3 is 5.11 Å². The number of hydrogen-bond donors (Lipinski definition) is 2. The van der Waals surface area contributed by atoms with Gasteiger partial charge in [-0.25, -0.2) is 0 Å². The molecule has 1 rings (SSSR count). The Morgan fingerprint density at radius 2 is 1.72 bits per heavy atom. The fraction of sp³-hybridized carbons (Fsp3) is 0.500. The van der Waals surface area contributed by atoms with E-state index in [1.54, 1.807) is 32.9 Å². The minimum atomic E-state index is -3.51. The number of hydrogen-bond acceptors (Lipinski definition) is 3. The van der Waals surface area contributed by atoms with E-state index in [2.05, 4.69) is 4.72 Å². The largest absolute Gasteiger partial charge is 0.508 e. The molecule has 0 amide bonds. The molecule has 0 aliphatic rings. The van der Waals surface area contributed by atoms with E-state index in [1.165, 1.54) is 23.5 Å². The maximum atomic E-state index is 12.0. The van der Waals surface area contributed by atoms with Crippen molar-refractivity contribution in [3.05, 3.63) is 29.8 Å². The lowest BCUT2D eigenvalue weighted by atomic mass is 10.1. The molecule has 1 aromatic rings. The van der Waals surface area contributed by atoms with Gasteiger partial charge in [-0.05, 0) is 38.5 Å². The van der Waals surface area contributed by atoms with Gasteiger partial charge in [-0.15, -0.1) is 0 Å². The summed E-state index contributed by atoms with van der Waals surface area (Å²) in [5, 5.41) is 9.16. The van der Waals surface area contributed by atoms with Gasteiger partial charge in [0.1, 0.15) is 5.75 Å². The summed E-state index contributed by atoms with van der Waals surface area (Å²) in [6, 6.07) is 6.46. The molecule has 0 heterocycles. The predicted molar refractivity (Wildman–Crippen MR) is 71.4 cm³/mol. The van der Waals surface area contributed by atoms with Crippen molar-refractivity contribution in [2.45, 2.75) is 32.9 Å². The first-order valence-corrected chi connectivity index (χ1v) is 7.07. The van der Waals surface area contributed by atoms with Crippen LogP contribution < -0.4 is 4.72 Å². The second-order valence-electron chi connectivity index (χ2n) is 5.28. The average molecular weight is 272 g/mol. The van der Waals surface area contributed by atoms with Gasteiger partial charge in [0.2, 0.25) is 0 Å². The van der Waals surface area contributed by atoms with Gasteiger partial charge in [0.25, 0.3) is 10.2 Å². The van der Waals surface area contributed by atoms with Crippen molar-refractivity contribution in [3.63, 3.8) is 0 Å². The van der Waals surface area contributed by atoms with Crippen molar-refractivity contribution in [3.8, 4) is 5.75 Å². The molecule has 102 valence electrons. The highest BCUT2D eigenvalue weighted by Crippen LogP contribution is 2.13. The summed E-state index contributed by atoms with van der Waals surface area (Å²) in [6.45, 7) is 5.63. The van der Waals surface area contributed by atoms with Crippen LogP contribution in [0.3, 0.4) is 0 Å². The zero-order valence-corrected chi connectivity index (χ0v) is 12.0. The molecule has 0 saturated heterocycles. The zero-order chi connectivity index (χ0) is 14.0. The molecule has 5 nitrogen and oxygen atoms in total. The summed E-state index contributed by atoms with van der Waals surface area (Å²) in [5.74, 6) is 0.164. The number of phenolic OH excluding ortho intramolecular Hbond substituents is 1. The Morgan fingerprint density at radius 1 is 1.22 bits per heavy atom. The lowest BCUT2D eigenvalue weighted by Gasteiger charge is -2.25. The predicted octanol–water partition coefficient (Wildman–Crippen LogP) is 1.46. The normalized spacial score (nSPS) is 12.9. The minimum absolute atomic E-state index is 0.164. The van der Waals surface area contributed by atoms with E-state index in [0.29, 0.717) is 0 Å². The van der Waals surface area contributed by atoms with E-state index in [1.807, 2.05) is 0 Å². The third-order valence-electron chi connectivity index (χ3n) is 2.19. The monoisotopic (exact) mass is 272 g/mol. The number of nitrogens with one attached hydrogen (secondary N) is 1. The molecule has 0 radical (unpaired) electrons. The van der Waals surface area contributed by atoms with E-state index < -0.39 is 15.7 Å². The first-order chi connectivity index (χ1) is 8.10. The summed E-state index contributed by atoms with van der Waals surface area (Å²) >= 11 is 0. The van der Waals surface area contributed by atoms with Crippen LogP contribution in [0.15, 0.2) is 24.3 Å². The van der Waals surface area contributed by atoms with Crippen molar-refractivity contribution in [2.24, 2.45) is 0 Å². The third-order valence-corrected chi connectivity index (χ3v) is 4.01. The molecule has 0 atom stereocenters. The van der Waals surface area contributed by atoms with Crippen LogP contribution >= 0.6 is 0 Å². The van der Waals surface area contributed by atoms with Gasteiger partial charge in [0.15, 0.2) is 0 Å². The summed E-state index contributed by atoms with van der Waals surface area (Å²) in [6.07, 6.45) is 0. The fourth-order valence-electron chi connectivity index (χ4n) is 1.41. The van der Waals surface area contributed by atoms with Gasteiger partial charge in [-0.2, -0.15) is 17.4 Å². The minimum Gasteiger partial charge on any atom is -0.508 e. The molecule has 1 aromatic carbocycles. The maximum Gasteiger partial charge on any atom is 0.279 e. The van der Waals surface area contributed by atoms with E-state index in [4.69, 9.17) is 5.11 Å². The van der Waals surface area contributed by atoms with Gasteiger partial charge >= 0.3 is 0 Å². The number of rotatable bonds is 4. The summed E-state index contributed by atoms with van der Waals surface area (Å²) in [5.41, 5.74) is 0.303. The Balaban J connectivity index is 2.76. The van der Waals surface area contributed by atoms with Gasteiger partial charge in [-0.3, -0.25) is 0 Å². The Hall–Kier alpha value is -1.11. The van der Waals surface area contributed by atoms with E-state index in [-0.39, 0.29) is 12.3 Å². The highest BCUT2D eigenvalue weighted by atomic mass is 32.2. The first kappa shape index (κ1) is 14.9. The lowest BCUT2D eigenvalue weighted by molar-refractivity contribution is 0.420. The number of nitrogens with zero attached hydrogens (tertiary/aromatic N) is 1. The SMILES string of the molecule is CN(Cc1ccc(O)cc1)S(=O)(=O)NC(C)(C)C. The highest BCUT2D eigenvalue weighted by Gasteiger charge is 2.24. The molecule has 0 bridgehead atoms. The van der Waals surface area contributed by atoms with Crippen molar-refractivity contribution in [2.75, 3.05) is 7.05 Å². The van der Waals surface area contributed by atoms with E-state index >= 15 is 0 Å². The zero-order valence-electron chi connectivity index (χ0n) is 11.1. The van der Waals surface area contributed by atoms with Crippen molar-refractivity contribution in [1.82, 2.24) is 9.03 Å². The first-order valence-electron chi connectivity index (χ1n) is 5.63. The van der Waals surface area contributed by atoms with Crippen LogP contribution in [0, 0.1) is 0 Å². The molecule has 0 saturated carbocycles. The summed E-state index contributed by atoms with van der Waals surface area (Å²) in [4.78, 5) is 0. The Labute approximate surface area is 109 Å². The summed E-state index contributed by atoms with van der Waals surface area (Å²) < 4.78 is 27.8. The fourth-order valence-corrected chi connectivity index (χ4v) is 2.66. The molecular weight excluding hydrogens is 252 g/mol. The van der Waals surface area contributed by atoms with Crippen LogP contribution in [0.1, 0.15) is 26.3 Å². The molecule has 0 aliphatic heterocycles. The second kappa shape index (κ2) is 5.26. The van der Waals surface area contributed by atoms with Crippen LogP contribution in [-0.4, -0.2) is 30.4 Å². The van der Waals surface area contributed by atoms with Crippen LogP contribution in [0.2, 0.25) is 0 Å². The molecule has 0 aliphatic carbocycles. The maximum absolute atomic E-state index is 12.0. The Bertz CT molecular complexity index is 489. The Morgan fingerprint density at radius 3 is 2.17 bits per heavy atom. The van der Waals surface area contributed by atoms with E-state index in [9.17, 15) is 8.42 Å². The van der Waals surface area contributed by atoms with Crippen LogP contribution in [-0.2, 0) is 16.8 Å². The number of benzene rings is 1.